The van der Waals surface area contributed by atoms with Gasteiger partial charge in [0, 0.05) is 25.3 Å². The van der Waals surface area contributed by atoms with Crippen molar-refractivity contribution in [2.24, 2.45) is 5.73 Å². The van der Waals surface area contributed by atoms with Crippen LogP contribution in [0.3, 0.4) is 0 Å². The van der Waals surface area contributed by atoms with Crippen molar-refractivity contribution in [3.05, 3.63) is 24.1 Å². The molecule has 0 radical (unpaired) electrons. The Hall–Kier alpha value is -1.58. The molecule has 1 aliphatic heterocycles. The van der Waals surface area contributed by atoms with Gasteiger partial charge in [0.25, 0.3) is 10.0 Å². The number of hydrogen-bond acceptors (Lipinski definition) is 5. The van der Waals surface area contributed by atoms with Crippen molar-refractivity contribution in [3.63, 3.8) is 0 Å². The molecule has 1 aromatic rings. The minimum atomic E-state index is -3.98. The number of amides is 1. The Morgan fingerprint density at radius 1 is 1.48 bits per heavy atom. The second-order valence-electron chi connectivity index (χ2n) is 4.93. The van der Waals surface area contributed by atoms with Crippen molar-refractivity contribution in [2.75, 3.05) is 19.6 Å². The average Bonchev–Trinajstić information content (AvgIpc) is 2.40. The van der Waals surface area contributed by atoms with Gasteiger partial charge in [0.15, 0.2) is 5.82 Å². The van der Waals surface area contributed by atoms with Gasteiger partial charge in [0.1, 0.15) is 0 Å². The van der Waals surface area contributed by atoms with Gasteiger partial charge in [-0.3, -0.25) is 9.69 Å². The maximum absolute atomic E-state index is 13.5. The van der Waals surface area contributed by atoms with E-state index < -0.39 is 26.8 Å². The Bertz CT molecular complexity index is 615. The number of nitrogens with one attached hydrogen (secondary N) is 1. The zero-order valence-electron chi connectivity index (χ0n) is 11.3. The van der Waals surface area contributed by atoms with Crippen LogP contribution in [0.2, 0.25) is 0 Å². The van der Waals surface area contributed by atoms with E-state index >= 15 is 0 Å². The van der Waals surface area contributed by atoms with Crippen LogP contribution < -0.4 is 10.5 Å². The number of nitrogens with two attached hydrogens (primary N) is 1. The molecule has 0 bridgehead atoms. The number of nitrogens with zero attached hydrogens (tertiary/aromatic N) is 2. The highest BCUT2D eigenvalue weighted by atomic mass is 32.2. The van der Waals surface area contributed by atoms with Gasteiger partial charge in [-0.05, 0) is 25.0 Å². The van der Waals surface area contributed by atoms with E-state index in [2.05, 4.69) is 9.71 Å². The molecule has 2 rings (SSSR count). The normalized spacial score (nSPS) is 17.8. The third-order valence-electron chi connectivity index (χ3n) is 3.27. The van der Waals surface area contributed by atoms with Crippen molar-refractivity contribution in [1.82, 2.24) is 14.6 Å². The number of pyridine rings is 1. The van der Waals surface area contributed by atoms with Crippen LogP contribution in [0.1, 0.15) is 12.8 Å². The number of piperidine rings is 1. The topological polar surface area (TPSA) is 105 Å². The van der Waals surface area contributed by atoms with Gasteiger partial charge in [-0.1, -0.05) is 0 Å². The summed E-state index contributed by atoms with van der Waals surface area (Å²) in [5, 5.41) is -0.593. The lowest BCUT2D eigenvalue weighted by Gasteiger charge is -2.31. The fourth-order valence-electron chi connectivity index (χ4n) is 2.27. The summed E-state index contributed by atoms with van der Waals surface area (Å²) in [6.45, 7) is 1.27. The average molecular weight is 316 g/mol. The van der Waals surface area contributed by atoms with Crippen LogP contribution in [0, 0.1) is 5.82 Å². The smallest absolute Gasteiger partial charge is 0.261 e. The third-order valence-corrected chi connectivity index (χ3v) is 4.72. The van der Waals surface area contributed by atoms with Crippen molar-refractivity contribution in [1.29, 1.82) is 0 Å². The minimum absolute atomic E-state index is 0.161. The molecular weight excluding hydrogens is 299 g/mol. The van der Waals surface area contributed by atoms with E-state index in [1.54, 1.807) is 0 Å². The first-order chi connectivity index (χ1) is 9.88. The summed E-state index contributed by atoms with van der Waals surface area (Å²) in [6, 6.07) is 2.08. The molecule has 116 valence electrons. The summed E-state index contributed by atoms with van der Waals surface area (Å²) in [7, 11) is -3.98. The number of sulfonamides is 1. The van der Waals surface area contributed by atoms with Crippen molar-refractivity contribution < 1.29 is 17.6 Å². The molecule has 0 aliphatic carbocycles. The molecule has 1 saturated heterocycles. The molecule has 21 heavy (non-hydrogen) atoms. The molecule has 1 aromatic heterocycles. The molecular formula is C12H17FN4O3S. The van der Waals surface area contributed by atoms with Gasteiger partial charge in [-0.2, -0.15) is 0 Å². The van der Waals surface area contributed by atoms with Crippen LogP contribution in [0.25, 0.3) is 0 Å². The molecule has 0 unspecified atom stereocenters. The van der Waals surface area contributed by atoms with E-state index in [1.165, 1.54) is 12.3 Å². The van der Waals surface area contributed by atoms with E-state index in [4.69, 9.17) is 5.73 Å². The second-order valence-corrected chi connectivity index (χ2v) is 6.56. The van der Waals surface area contributed by atoms with Crippen LogP contribution in [-0.4, -0.2) is 49.9 Å². The van der Waals surface area contributed by atoms with Crippen LogP contribution in [0.15, 0.2) is 23.4 Å². The van der Waals surface area contributed by atoms with Gasteiger partial charge in [-0.15, -0.1) is 0 Å². The molecule has 0 aromatic carbocycles. The van der Waals surface area contributed by atoms with E-state index in [9.17, 15) is 17.6 Å². The monoisotopic (exact) mass is 316 g/mol. The van der Waals surface area contributed by atoms with E-state index in [-0.39, 0.29) is 12.6 Å². The number of carbonyl (C=O) groups excluding carboxylic acids is 1. The molecule has 1 amide bonds. The lowest BCUT2D eigenvalue weighted by atomic mass is 10.1. The number of aromatic nitrogens is 1. The summed E-state index contributed by atoms with van der Waals surface area (Å²) < 4.78 is 40.1. The zero-order valence-corrected chi connectivity index (χ0v) is 12.1. The van der Waals surface area contributed by atoms with Crippen molar-refractivity contribution >= 4 is 15.9 Å². The molecule has 9 heteroatoms. The molecule has 0 spiro atoms. The third kappa shape index (κ3) is 4.19. The molecule has 3 N–H and O–H groups in total. The predicted molar refractivity (Wildman–Crippen MR) is 73.2 cm³/mol. The fraction of sp³-hybridized carbons (Fsp3) is 0.500. The Morgan fingerprint density at radius 3 is 2.71 bits per heavy atom. The van der Waals surface area contributed by atoms with Crippen LogP contribution in [0.5, 0.6) is 0 Å². The molecule has 1 fully saturated rings. The van der Waals surface area contributed by atoms with Gasteiger partial charge >= 0.3 is 0 Å². The summed E-state index contributed by atoms with van der Waals surface area (Å²) in [4.78, 5) is 16.2. The maximum Gasteiger partial charge on any atom is 0.261 e. The molecule has 0 atom stereocenters. The van der Waals surface area contributed by atoms with Gasteiger partial charge in [0.05, 0.1) is 6.54 Å². The lowest BCUT2D eigenvalue weighted by Crippen LogP contribution is -2.46. The number of likely N-dealkylation sites (tertiary alicyclic amines) is 1. The van der Waals surface area contributed by atoms with Crippen molar-refractivity contribution in [2.45, 2.75) is 23.9 Å². The first kappa shape index (κ1) is 15.8. The predicted octanol–water partition coefficient (Wildman–Crippen LogP) is -0.551. The first-order valence-electron chi connectivity index (χ1n) is 6.52. The number of hydrogen-bond donors (Lipinski definition) is 2. The van der Waals surface area contributed by atoms with Gasteiger partial charge in [-0.25, -0.2) is 22.5 Å². The second kappa shape index (κ2) is 6.46. The molecule has 7 nitrogen and oxygen atoms in total. The Kier molecular flexibility index (Phi) is 4.86. The van der Waals surface area contributed by atoms with Gasteiger partial charge < -0.3 is 5.73 Å². The van der Waals surface area contributed by atoms with Crippen LogP contribution >= 0.6 is 0 Å². The largest absolute Gasteiger partial charge is 0.369 e. The minimum Gasteiger partial charge on any atom is -0.369 e. The number of halogens is 1. The van der Waals surface area contributed by atoms with Crippen molar-refractivity contribution in [3.8, 4) is 0 Å². The summed E-state index contributed by atoms with van der Waals surface area (Å²) in [5.74, 6) is -1.29. The lowest BCUT2D eigenvalue weighted by molar-refractivity contribution is -0.119. The molecule has 0 saturated carbocycles. The number of carbonyl (C=O) groups is 1. The Balaban J connectivity index is 1.97. The first-order valence-corrected chi connectivity index (χ1v) is 8.00. The zero-order chi connectivity index (χ0) is 15.5. The van der Waals surface area contributed by atoms with E-state index in [0.717, 1.165) is 6.07 Å². The Morgan fingerprint density at radius 2 is 2.14 bits per heavy atom. The summed E-state index contributed by atoms with van der Waals surface area (Å²) in [6.07, 6.45) is 2.29. The number of primary amides is 1. The maximum atomic E-state index is 13.5. The van der Waals surface area contributed by atoms with Crippen LogP contribution in [0.4, 0.5) is 4.39 Å². The van der Waals surface area contributed by atoms with Gasteiger partial charge in [0.2, 0.25) is 10.9 Å². The summed E-state index contributed by atoms with van der Waals surface area (Å²) in [5.41, 5.74) is 5.11. The standard InChI is InChI=1S/C12H17FN4O3S/c13-10-2-1-5-15-12(10)21(19,20)16-9-3-6-17(7-4-9)8-11(14)18/h1-2,5,9,16H,3-4,6-8H2,(H2,14,18). The van der Waals surface area contributed by atoms with E-state index in [1.807, 2.05) is 4.90 Å². The summed E-state index contributed by atoms with van der Waals surface area (Å²) >= 11 is 0. The Labute approximate surface area is 122 Å². The molecule has 2 heterocycles. The SMILES string of the molecule is NC(=O)CN1CCC(NS(=O)(=O)c2ncccc2F)CC1. The van der Waals surface area contributed by atoms with E-state index in [0.29, 0.717) is 25.9 Å². The quantitative estimate of drug-likeness (QED) is 0.758. The highest BCUT2D eigenvalue weighted by molar-refractivity contribution is 7.89. The highest BCUT2D eigenvalue weighted by Gasteiger charge is 2.27. The molecule has 1 aliphatic rings. The fourth-order valence-corrected chi connectivity index (χ4v) is 3.58. The van der Waals surface area contributed by atoms with Crippen LogP contribution in [-0.2, 0) is 14.8 Å². The highest BCUT2D eigenvalue weighted by Crippen LogP contribution is 2.15. The number of rotatable bonds is 5.